The van der Waals surface area contributed by atoms with Gasteiger partial charge in [-0.25, -0.2) is 9.48 Å². The quantitative estimate of drug-likeness (QED) is 0.278. The zero-order chi connectivity index (χ0) is 26.6. The van der Waals surface area contributed by atoms with Crippen LogP contribution < -0.4 is 5.32 Å². The topological polar surface area (TPSA) is 92.5 Å². The highest BCUT2D eigenvalue weighted by Gasteiger charge is 2.21. The molecule has 2 N–H and O–H groups in total. The number of hydrogen-bond acceptors (Lipinski definition) is 6. The number of rotatable bonds is 8. The minimum Gasteiger partial charge on any atom is -0.478 e. The molecular weight excluding hydrogens is 490 g/mol. The van der Waals surface area contributed by atoms with Gasteiger partial charge in [0.25, 0.3) is 0 Å². The minimum atomic E-state index is -0.968. The van der Waals surface area contributed by atoms with Crippen LogP contribution in [0.4, 0.5) is 11.4 Å². The fraction of sp³-hybridized carbons (Fsp3) is 0.323. The number of carboxylic acids is 1. The second-order valence-corrected chi connectivity index (χ2v) is 10.3. The van der Waals surface area contributed by atoms with Crippen molar-refractivity contribution in [2.75, 3.05) is 25.0 Å². The summed E-state index contributed by atoms with van der Waals surface area (Å²) in [5.74, 6) is -0.968. The van der Waals surface area contributed by atoms with Crippen molar-refractivity contribution in [1.82, 2.24) is 19.7 Å². The molecular formula is C31H33N5O3. The smallest absolute Gasteiger partial charge is 0.337 e. The maximum absolute atomic E-state index is 11.7. The van der Waals surface area contributed by atoms with Crippen LogP contribution in [0.1, 0.15) is 65.6 Å². The van der Waals surface area contributed by atoms with E-state index in [1.807, 2.05) is 47.3 Å². The number of carbonyl (C=O) groups is 1. The molecule has 1 unspecified atom stereocenters. The van der Waals surface area contributed by atoms with Crippen molar-refractivity contribution in [3.63, 3.8) is 0 Å². The summed E-state index contributed by atoms with van der Waals surface area (Å²) < 4.78 is 8.05. The Morgan fingerprint density at radius 2 is 1.92 bits per heavy atom. The monoisotopic (exact) mass is 523 g/mol. The minimum absolute atomic E-state index is 0.132. The Labute approximate surface area is 227 Å². The van der Waals surface area contributed by atoms with Gasteiger partial charge in [0, 0.05) is 30.4 Å². The van der Waals surface area contributed by atoms with Gasteiger partial charge < -0.3 is 15.2 Å². The molecule has 0 radical (unpaired) electrons. The molecule has 4 heterocycles. The zero-order valence-electron chi connectivity index (χ0n) is 21.9. The molecule has 1 atom stereocenters. The van der Waals surface area contributed by atoms with Crippen LogP contribution in [0.25, 0.3) is 23.1 Å². The van der Waals surface area contributed by atoms with E-state index in [1.165, 1.54) is 31.5 Å². The van der Waals surface area contributed by atoms with E-state index in [4.69, 9.17) is 9.84 Å². The molecule has 0 aliphatic carbocycles. The first-order chi connectivity index (χ1) is 19.1. The maximum Gasteiger partial charge on any atom is 0.337 e. The van der Waals surface area contributed by atoms with Crippen LogP contribution in [-0.2, 0) is 11.3 Å². The molecule has 2 aliphatic heterocycles. The number of pyridine rings is 1. The van der Waals surface area contributed by atoms with E-state index in [0.717, 1.165) is 60.4 Å². The van der Waals surface area contributed by atoms with Gasteiger partial charge in [-0.05, 0) is 99.3 Å². The number of fused-ring (bicyclic) bond motifs is 1. The van der Waals surface area contributed by atoms with Crippen molar-refractivity contribution < 1.29 is 14.6 Å². The van der Waals surface area contributed by atoms with Crippen molar-refractivity contribution in [2.24, 2.45) is 0 Å². The summed E-state index contributed by atoms with van der Waals surface area (Å²) in [5, 5.41) is 18.8. The van der Waals surface area contributed by atoms with Gasteiger partial charge in [-0.1, -0.05) is 18.2 Å². The van der Waals surface area contributed by atoms with Crippen LogP contribution in [-0.4, -0.2) is 50.4 Å². The highest BCUT2D eigenvalue weighted by molar-refractivity contribution is 5.96. The highest BCUT2D eigenvalue weighted by atomic mass is 16.5. The molecule has 39 heavy (non-hydrogen) atoms. The number of hydrogen-bond donors (Lipinski definition) is 2. The number of nitrogens with zero attached hydrogens (tertiary/aromatic N) is 4. The molecule has 2 aliphatic rings. The van der Waals surface area contributed by atoms with E-state index < -0.39 is 5.97 Å². The normalized spacial score (nSPS) is 18.2. The van der Waals surface area contributed by atoms with Gasteiger partial charge in [0.2, 0.25) is 0 Å². The van der Waals surface area contributed by atoms with E-state index in [2.05, 4.69) is 27.3 Å². The summed E-state index contributed by atoms with van der Waals surface area (Å²) >= 11 is 0. The Morgan fingerprint density at radius 3 is 2.69 bits per heavy atom. The van der Waals surface area contributed by atoms with E-state index in [1.54, 1.807) is 18.2 Å². The number of anilines is 2. The third kappa shape index (κ3) is 5.72. The van der Waals surface area contributed by atoms with Gasteiger partial charge in [-0.2, -0.15) is 5.10 Å². The Kier molecular flexibility index (Phi) is 7.38. The average Bonchev–Trinajstić information content (AvgIpc) is 3.61. The SMILES string of the molecule is O=C(O)c1ccccc1Nc1ccc2c(/C=C/c3ccc(CN4CCCC4)cn3)nn(C3CCCCO3)c2c1. The largest absolute Gasteiger partial charge is 0.478 e. The molecule has 2 aromatic carbocycles. The number of likely N-dealkylation sites (tertiary alicyclic amines) is 1. The second kappa shape index (κ2) is 11.4. The lowest BCUT2D eigenvalue weighted by Gasteiger charge is -2.23. The van der Waals surface area contributed by atoms with Crippen molar-refractivity contribution in [1.29, 1.82) is 0 Å². The molecule has 2 fully saturated rings. The van der Waals surface area contributed by atoms with Crippen molar-refractivity contribution in [3.8, 4) is 0 Å². The molecule has 200 valence electrons. The highest BCUT2D eigenvalue weighted by Crippen LogP contribution is 2.32. The van der Waals surface area contributed by atoms with E-state index in [0.29, 0.717) is 5.69 Å². The van der Waals surface area contributed by atoms with Gasteiger partial charge in [-0.3, -0.25) is 9.88 Å². The molecule has 0 amide bonds. The van der Waals surface area contributed by atoms with Gasteiger partial charge in [-0.15, -0.1) is 0 Å². The Bertz CT molecular complexity index is 1480. The summed E-state index contributed by atoms with van der Waals surface area (Å²) in [6, 6.07) is 17.1. The number of carboxylic acid groups (broad SMARTS) is 1. The summed E-state index contributed by atoms with van der Waals surface area (Å²) in [4.78, 5) is 18.8. The van der Waals surface area contributed by atoms with Crippen molar-refractivity contribution in [3.05, 3.63) is 83.3 Å². The standard InChI is InChI=1S/C31H33N5O3/c37-31(38)26-7-1-2-8-27(26)33-24-12-14-25-28(34-36(29(25)19-24)30-9-3-6-18-39-30)15-13-23-11-10-22(20-32-23)21-35-16-4-5-17-35/h1-2,7-8,10-15,19-20,30,33H,3-6,9,16-18,21H2,(H,37,38)/b15-13+. The summed E-state index contributed by atoms with van der Waals surface area (Å²) in [5.41, 5.74) is 5.47. The molecule has 4 aromatic rings. The third-order valence-corrected chi connectivity index (χ3v) is 7.47. The Hall–Kier alpha value is -4.01. The van der Waals surface area contributed by atoms with Crippen LogP contribution in [0, 0.1) is 0 Å². The first-order valence-electron chi connectivity index (χ1n) is 13.7. The molecule has 0 bridgehead atoms. The fourth-order valence-electron chi connectivity index (χ4n) is 5.42. The first-order valence-corrected chi connectivity index (χ1v) is 13.7. The lowest BCUT2D eigenvalue weighted by atomic mass is 10.1. The predicted molar refractivity (Wildman–Crippen MR) is 153 cm³/mol. The summed E-state index contributed by atoms with van der Waals surface area (Å²) in [6.07, 6.45) is 11.5. The third-order valence-electron chi connectivity index (χ3n) is 7.47. The van der Waals surface area contributed by atoms with Crippen LogP contribution >= 0.6 is 0 Å². The molecule has 6 rings (SSSR count). The van der Waals surface area contributed by atoms with Crippen LogP contribution in [0.3, 0.4) is 0 Å². The van der Waals surface area contributed by atoms with E-state index in [-0.39, 0.29) is 11.8 Å². The molecule has 0 spiro atoms. The maximum atomic E-state index is 11.7. The predicted octanol–water partition coefficient (Wildman–Crippen LogP) is 6.34. The van der Waals surface area contributed by atoms with Gasteiger partial charge in [0.1, 0.15) is 0 Å². The van der Waals surface area contributed by atoms with Crippen molar-refractivity contribution in [2.45, 2.75) is 44.9 Å². The van der Waals surface area contributed by atoms with E-state index in [9.17, 15) is 9.90 Å². The van der Waals surface area contributed by atoms with Gasteiger partial charge in [0.05, 0.1) is 28.2 Å². The lowest BCUT2D eigenvalue weighted by Crippen LogP contribution is -2.19. The molecule has 2 saturated heterocycles. The summed E-state index contributed by atoms with van der Waals surface area (Å²) in [7, 11) is 0. The van der Waals surface area contributed by atoms with E-state index >= 15 is 0 Å². The number of aromatic carboxylic acids is 1. The zero-order valence-corrected chi connectivity index (χ0v) is 21.9. The number of ether oxygens (including phenoxy) is 1. The number of benzene rings is 2. The van der Waals surface area contributed by atoms with Gasteiger partial charge in [0.15, 0.2) is 6.23 Å². The molecule has 8 nitrogen and oxygen atoms in total. The Balaban J connectivity index is 1.29. The first kappa shape index (κ1) is 25.3. The molecule has 8 heteroatoms. The number of para-hydroxylation sites is 1. The Morgan fingerprint density at radius 1 is 1.05 bits per heavy atom. The number of aromatic nitrogens is 3. The van der Waals surface area contributed by atoms with Crippen molar-refractivity contribution >= 4 is 40.4 Å². The lowest BCUT2D eigenvalue weighted by molar-refractivity contribution is -0.0367. The second-order valence-electron chi connectivity index (χ2n) is 10.3. The van der Waals surface area contributed by atoms with Crippen LogP contribution in [0.15, 0.2) is 60.8 Å². The fourth-order valence-corrected chi connectivity index (χ4v) is 5.42. The molecule has 2 aromatic heterocycles. The van der Waals surface area contributed by atoms with Crippen LogP contribution in [0.2, 0.25) is 0 Å². The van der Waals surface area contributed by atoms with Crippen LogP contribution in [0.5, 0.6) is 0 Å². The average molecular weight is 524 g/mol. The number of nitrogens with one attached hydrogen (secondary N) is 1. The van der Waals surface area contributed by atoms with Gasteiger partial charge >= 0.3 is 5.97 Å². The summed E-state index contributed by atoms with van der Waals surface area (Å²) in [6.45, 7) is 4.02. The molecule has 0 saturated carbocycles.